The van der Waals surface area contributed by atoms with Gasteiger partial charge < -0.3 is 9.47 Å². The average molecular weight is 301 g/mol. The van der Waals surface area contributed by atoms with Crippen molar-refractivity contribution in [1.29, 1.82) is 5.26 Å². The fourth-order valence-corrected chi connectivity index (χ4v) is 2.85. The molecule has 3 nitrogen and oxygen atoms in total. The third-order valence-corrected chi connectivity index (χ3v) is 4.36. The highest BCUT2D eigenvalue weighted by molar-refractivity contribution is 5.32. The molecule has 0 aromatic heterocycles. The summed E-state index contributed by atoms with van der Waals surface area (Å²) in [7, 11) is 0. The fourth-order valence-electron chi connectivity index (χ4n) is 2.85. The van der Waals surface area contributed by atoms with Crippen molar-refractivity contribution in [2.45, 2.75) is 58.7 Å². The van der Waals surface area contributed by atoms with E-state index < -0.39 is 0 Å². The van der Waals surface area contributed by atoms with Crippen molar-refractivity contribution < 1.29 is 9.47 Å². The number of benzene rings is 1. The van der Waals surface area contributed by atoms with E-state index in [1.807, 2.05) is 24.3 Å². The molecule has 1 fully saturated rings. The highest BCUT2D eigenvalue weighted by atomic mass is 16.7. The summed E-state index contributed by atoms with van der Waals surface area (Å²) in [5.74, 6) is 0. The first kappa shape index (κ1) is 17.0. The van der Waals surface area contributed by atoms with Crippen molar-refractivity contribution in [3.8, 4) is 6.07 Å². The Balaban J connectivity index is 1.77. The molecule has 1 aromatic rings. The molecule has 0 amide bonds. The van der Waals surface area contributed by atoms with Crippen LogP contribution in [-0.4, -0.2) is 13.2 Å². The Kier molecular flexibility index (Phi) is 6.42. The molecule has 1 aliphatic rings. The maximum absolute atomic E-state index is 8.83. The number of unbranched alkanes of at least 4 members (excludes halogenated alkanes) is 4. The van der Waals surface area contributed by atoms with Crippen LogP contribution in [0.5, 0.6) is 0 Å². The summed E-state index contributed by atoms with van der Waals surface area (Å²) in [6.07, 6.45) is 7.40. The van der Waals surface area contributed by atoms with E-state index in [9.17, 15) is 0 Å². The van der Waals surface area contributed by atoms with E-state index in [4.69, 9.17) is 14.7 Å². The Morgan fingerprint density at radius 3 is 2.32 bits per heavy atom. The minimum absolute atomic E-state index is 0.134. The lowest BCUT2D eigenvalue weighted by molar-refractivity contribution is -0.232. The molecule has 0 radical (unpaired) electrons. The second-order valence-electron chi connectivity index (χ2n) is 6.66. The third kappa shape index (κ3) is 4.83. The van der Waals surface area contributed by atoms with Crippen LogP contribution in [0.25, 0.3) is 0 Å². The number of ether oxygens (including phenoxy) is 2. The van der Waals surface area contributed by atoms with Crippen LogP contribution in [0.15, 0.2) is 24.3 Å². The zero-order valence-electron chi connectivity index (χ0n) is 13.8. The minimum atomic E-state index is -0.291. The average Bonchev–Trinajstić information content (AvgIpc) is 2.55. The van der Waals surface area contributed by atoms with Crippen molar-refractivity contribution >= 4 is 0 Å². The fraction of sp³-hybridized carbons (Fsp3) is 0.632. The summed E-state index contributed by atoms with van der Waals surface area (Å²) in [5.41, 5.74) is 1.79. The number of hydrogen-bond acceptors (Lipinski definition) is 3. The van der Waals surface area contributed by atoms with Crippen LogP contribution in [0, 0.1) is 16.7 Å². The van der Waals surface area contributed by atoms with Gasteiger partial charge in [0, 0.05) is 11.0 Å². The van der Waals surface area contributed by atoms with E-state index in [0.717, 1.165) is 25.2 Å². The molecule has 0 saturated carbocycles. The highest BCUT2D eigenvalue weighted by Gasteiger charge is 2.32. The predicted molar refractivity (Wildman–Crippen MR) is 87.3 cm³/mol. The third-order valence-electron chi connectivity index (χ3n) is 4.36. The van der Waals surface area contributed by atoms with Gasteiger partial charge in [-0.2, -0.15) is 5.26 Å². The molecule has 1 aliphatic heterocycles. The van der Waals surface area contributed by atoms with Crippen molar-refractivity contribution in [1.82, 2.24) is 0 Å². The van der Waals surface area contributed by atoms with Gasteiger partial charge in [0.15, 0.2) is 6.29 Å². The van der Waals surface area contributed by atoms with Gasteiger partial charge in [-0.05, 0) is 18.6 Å². The molecule has 1 aromatic carbocycles. The normalized spacial score (nSPS) is 24.9. The monoisotopic (exact) mass is 301 g/mol. The van der Waals surface area contributed by atoms with E-state index in [1.54, 1.807) is 0 Å². The van der Waals surface area contributed by atoms with Gasteiger partial charge in [0.25, 0.3) is 0 Å². The van der Waals surface area contributed by atoms with E-state index in [1.165, 1.54) is 32.1 Å². The van der Waals surface area contributed by atoms with Gasteiger partial charge in [-0.15, -0.1) is 0 Å². The summed E-state index contributed by atoms with van der Waals surface area (Å²) in [5, 5.41) is 8.83. The number of nitrogens with zero attached hydrogens (tertiary/aromatic N) is 1. The molecular weight excluding hydrogens is 274 g/mol. The van der Waals surface area contributed by atoms with E-state index in [-0.39, 0.29) is 11.7 Å². The highest BCUT2D eigenvalue weighted by Crippen LogP contribution is 2.35. The maximum atomic E-state index is 8.83. The van der Waals surface area contributed by atoms with Gasteiger partial charge in [-0.3, -0.25) is 0 Å². The van der Waals surface area contributed by atoms with Gasteiger partial charge in [-0.1, -0.05) is 58.1 Å². The minimum Gasteiger partial charge on any atom is -0.348 e. The predicted octanol–water partition coefficient (Wildman–Crippen LogP) is 4.97. The maximum Gasteiger partial charge on any atom is 0.183 e. The summed E-state index contributed by atoms with van der Waals surface area (Å²) in [6.45, 7) is 5.98. The zero-order valence-corrected chi connectivity index (χ0v) is 13.8. The quantitative estimate of drug-likeness (QED) is 0.668. The molecule has 0 bridgehead atoms. The summed E-state index contributed by atoms with van der Waals surface area (Å²) in [6, 6.07) is 9.57. The Labute approximate surface area is 134 Å². The standard InChI is InChI=1S/C19H27NO2/c1-3-4-5-6-7-12-19(2)14-21-18(22-15-19)17-10-8-16(13-20)9-11-17/h8-11,18H,3-7,12,14-15H2,1-2H3/t18-,19-. The lowest BCUT2D eigenvalue weighted by atomic mass is 9.85. The zero-order chi connectivity index (χ0) is 15.8. The van der Waals surface area contributed by atoms with Crippen LogP contribution in [0.1, 0.15) is 69.8 Å². The largest absolute Gasteiger partial charge is 0.348 e. The van der Waals surface area contributed by atoms with Crippen LogP contribution < -0.4 is 0 Å². The van der Waals surface area contributed by atoms with Crippen LogP contribution in [0.3, 0.4) is 0 Å². The Hall–Kier alpha value is -1.37. The van der Waals surface area contributed by atoms with Gasteiger partial charge in [0.1, 0.15) is 0 Å². The van der Waals surface area contributed by atoms with Gasteiger partial charge >= 0.3 is 0 Å². The van der Waals surface area contributed by atoms with Crippen LogP contribution in [-0.2, 0) is 9.47 Å². The van der Waals surface area contributed by atoms with Gasteiger partial charge in [0.05, 0.1) is 24.8 Å². The number of hydrogen-bond donors (Lipinski definition) is 0. The molecule has 120 valence electrons. The Morgan fingerprint density at radius 2 is 1.73 bits per heavy atom. The SMILES string of the molecule is CCCCCCC[C@]1(C)CO[C@@H](c2ccc(C#N)cc2)OC1. The summed E-state index contributed by atoms with van der Waals surface area (Å²) in [4.78, 5) is 0. The lowest BCUT2D eigenvalue weighted by Gasteiger charge is -2.37. The molecule has 3 heteroatoms. The first-order chi connectivity index (χ1) is 10.7. The van der Waals surface area contributed by atoms with Crippen molar-refractivity contribution in [3.05, 3.63) is 35.4 Å². The molecule has 0 unspecified atom stereocenters. The first-order valence-electron chi connectivity index (χ1n) is 8.40. The smallest absolute Gasteiger partial charge is 0.183 e. The molecule has 22 heavy (non-hydrogen) atoms. The van der Waals surface area contributed by atoms with Gasteiger partial charge in [-0.25, -0.2) is 0 Å². The molecular formula is C19H27NO2. The number of rotatable bonds is 7. The Bertz CT molecular complexity index is 481. The van der Waals surface area contributed by atoms with E-state index >= 15 is 0 Å². The molecule has 1 heterocycles. The van der Waals surface area contributed by atoms with Crippen LogP contribution in [0.4, 0.5) is 0 Å². The van der Waals surface area contributed by atoms with Crippen molar-refractivity contribution in [2.24, 2.45) is 5.41 Å². The second kappa shape index (κ2) is 8.31. The summed E-state index contributed by atoms with van der Waals surface area (Å²) >= 11 is 0. The molecule has 0 atom stereocenters. The number of nitriles is 1. The van der Waals surface area contributed by atoms with Crippen molar-refractivity contribution in [3.63, 3.8) is 0 Å². The van der Waals surface area contributed by atoms with E-state index in [0.29, 0.717) is 5.56 Å². The van der Waals surface area contributed by atoms with Crippen molar-refractivity contribution in [2.75, 3.05) is 13.2 Å². The topological polar surface area (TPSA) is 42.2 Å². The summed E-state index contributed by atoms with van der Waals surface area (Å²) < 4.78 is 11.9. The Morgan fingerprint density at radius 1 is 1.09 bits per heavy atom. The van der Waals surface area contributed by atoms with Gasteiger partial charge in [0.2, 0.25) is 0 Å². The van der Waals surface area contributed by atoms with Crippen LogP contribution >= 0.6 is 0 Å². The molecule has 2 rings (SSSR count). The molecule has 0 N–H and O–H groups in total. The molecule has 0 spiro atoms. The lowest BCUT2D eigenvalue weighted by Crippen LogP contribution is -2.36. The first-order valence-corrected chi connectivity index (χ1v) is 8.40. The van der Waals surface area contributed by atoms with E-state index in [2.05, 4.69) is 19.9 Å². The second-order valence-corrected chi connectivity index (χ2v) is 6.66. The molecule has 0 aliphatic carbocycles. The molecule has 1 saturated heterocycles. The van der Waals surface area contributed by atoms with Crippen LogP contribution in [0.2, 0.25) is 0 Å².